The molecule has 2 heteroatoms. The van der Waals surface area contributed by atoms with Crippen LogP contribution in [0.4, 0.5) is 0 Å². The van der Waals surface area contributed by atoms with Crippen molar-refractivity contribution < 1.29 is 9.47 Å². The third-order valence-corrected chi connectivity index (χ3v) is 7.55. The third kappa shape index (κ3) is 2.37. The number of hydrogen-bond acceptors (Lipinski definition) is 2. The third-order valence-electron chi connectivity index (χ3n) is 7.55. The predicted octanol–water partition coefficient (Wildman–Crippen LogP) is 4.67. The first kappa shape index (κ1) is 15.8. The van der Waals surface area contributed by atoms with Gasteiger partial charge in [0.1, 0.15) is 0 Å². The van der Waals surface area contributed by atoms with E-state index in [9.17, 15) is 0 Å². The summed E-state index contributed by atoms with van der Waals surface area (Å²) >= 11 is 0. The van der Waals surface area contributed by atoms with Crippen molar-refractivity contribution in [3.05, 3.63) is 0 Å². The molecule has 0 aromatic carbocycles. The first-order chi connectivity index (χ1) is 9.94. The highest BCUT2D eigenvalue weighted by atomic mass is 16.5. The molecule has 0 N–H and O–H groups in total. The van der Waals surface area contributed by atoms with Crippen molar-refractivity contribution in [3.8, 4) is 0 Å². The molecule has 21 heavy (non-hydrogen) atoms. The van der Waals surface area contributed by atoms with E-state index in [0.717, 1.165) is 11.8 Å². The fraction of sp³-hybridized carbons (Fsp3) is 1.00. The van der Waals surface area contributed by atoms with Gasteiger partial charge in [-0.15, -0.1) is 0 Å². The van der Waals surface area contributed by atoms with E-state index in [0.29, 0.717) is 29.0 Å². The molecule has 3 aliphatic carbocycles. The zero-order valence-corrected chi connectivity index (χ0v) is 14.7. The minimum Gasteiger partial charge on any atom is -0.379 e. The van der Waals surface area contributed by atoms with Crippen LogP contribution in [0.15, 0.2) is 0 Å². The molecule has 3 aliphatic rings. The number of rotatable bonds is 2. The van der Waals surface area contributed by atoms with Crippen molar-refractivity contribution in [3.63, 3.8) is 0 Å². The van der Waals surface area contributed by atoms with Gasteiger partial charge in [-0.25, -0.2) is 0 Å². The summed E-state index contributed by atoms with van der Waals surface area (Å²) in [5.41, 5.74) is 1.05. The topological polar surface area (TPSA) is 18.5 Å². The largest absolute Gasteiger partial charge is 0.379 e. The van der Waals surface area contributed by atoms with E-state index in [1.54, 1.807) is 0 Å². The number of methoxy groups -OCH3 is 2. The SMILES string of the molecule is COC1CC[C@H]2[C@@H](CC[C@H]3C(C)(C)CCC[C@]23C)C1OC. The van der Waals surface area contributed by atoms with E-state index in [2.05, 4.69) is 20.8 Å². The van der Waals surface area contributed by atoms with Crippen LogP contribution in [0.1, 0.15) is 65.7 Å². The van der Waals surface area contributed by atoms with E-state index < -0.39 is 0 Å². The summed E-state index contributed by atoms with van der Waals surface area (Å²) < 4.78 is 11.6. The number of hydrogen-bond donors (Lipinski definition) is 0. The van der Waals surface area contributed by atoms with Gasteiger partial charge < -0.3 is 9.47 Å². The van der Waals surface area contributed by atoms with Gasteiger partial charge in [-0.1, -0.05) is 27.2 Å². The molecule has 0 aromatic rings. The van der Waals surface area contributed by atoms with Crippen LogP contribution in [0.25, 0.3) is 0 Å². The van der Waals surface area contributed by atoms with Crippen molar-refractivity contribution in [2.24, 2.45) is 28.6 Å². The Bertz CT molecular complexity index is 378. The smallest absolute Gasteiger partial charge is 0.0863 e. The van der Waals surface area contributed by atoms with Gasteiger partial charge in [0.25, 0.3) is 0 Å². The molecule has 0 heterocycles. The van der Waals surface area contributed by atoms with Crippen molar-refractivity contribution in [2.45, 2.75) is 77.9 Å². The second-order valence-corrected chi connectivity index (χ2v) is 8.80. The molecule has 0 aromatic heterocycles. The van der Waals surface area contributed by atoms with Crippen LogP contribution in [0.3, 0.4) is 0 Å². The van der Waals surface area contributed by atoms with Gasteiger partial charge in [0.15, 0.2) is 0 Å². The lowest BCUT2D eigenvalue weighted by Gasteiger charge is -2.62. The quantitative estimate of drug-likeness (QED) is 0.737. The summed E-state index contributed by atoms with van der Waals surface area (Å²) in [5.74, 6) is 2.45. The van der Waals surface area contributed by atoms with Crippen LogP contribution in [-0.4, -0.2) is 26.4 Å². The average Bonchev–Trinajstić information content (AvgIpc) is 2.45. The molecule has 0 aliphatic heterocycles. The van der Waals surface area contributed by atoms with Gasteiger partial charge in [0.2, 0.25) is 0 Å². The second kappa shape index (κ2) is 5.53. The second-order valence-electron chi connectivity index (χ2n) is 8.80. The fourth-order valence-electron chi connectivity index (χ4n) is 6.68. The maximum atomic E-state index is 5.92. The normalized spacial score (nSPS) is 49.3. The van der Waals surface area contributed by atoms with Gasteiger partial charge in [-0.2, -0.15) is 0 Å². The van der Waals surface area contributed by atoms with E-state index in [-0.39, 0.29) is 0 Å². The summed E-state index contributed by atoms with van der Waals surface area (Å²) in [6.45, 7) is 7.64. The molecule has 0 radical (unpaired) electrons. The van der Waals surface area contributed by atoms with E-state index >= 15 is 0 Å². The molecule has 2 unspecified atom stereocenters. The summed E-state index contributed by atoms with van der Waals surface area (Å²) in [7, 11) is 3.74. The van der Waals surface area contributed by atoms with Crippen molar-refractivity contribution in [2.75, 3.05) is 14.2 Å². The predicted molar refractivity (Wildman–Crippen MR) is 86.3 cm³/mol. The van der Waals surface area contributed by atoms with Gasteiger partial charge in [-0.05, 0) is 67.1 Å². The van der Waals surface area contributed by atoms with E-state index in [1.807, 2.05) is 14.2 Å². The number of fused-ring (bicyclic) bond motifs is 3. The van der Waals surface area contributed by atoms with Crippen molar-refractivity contribution in [1.82, 2.24) is 0 Å². The Morgan fingerprint density at radius 3 is 2.29 bits per heavy atom. The Morgan fingerprint density at radius 2 is 1.62 bits per heavy atom. The van der Waals surface area contributed by atoms with Gasteiger partial charge in [0.05, 0.1) is 12.2 Å². The minimum absolute atomic E-state index is 0.313. The summed E-state index contributed by atoms with van der Waals surface area (Å²) in [6, 6.07) is 0. The Labute approximate surface area is 131 Å². The van der Waals surface area contributed by atoms with Gasteiger partial charge in [-0.3, -0.25) is 0 Å². The van der Waals surface area contributed by atoms with Crippen LogP contribution in [0.5, 0.6) is 0 Å². The van der Waals surface area contributed by atoms with E-state index in [1.165, 1.54) is 44.9 Å². The molecule has 0 spiro atoms. The minimum atomic E-state index is 0.313. The molecule has 122 valence electrons. The monoisotopic (exact) mass is 294 g/mol. The van der Waals surface area contributed by atoms with Crippen LogP contribution in [0, 0.1) is 28.6 Å². The molecule has 3 saturated carbocycles. The maximum absolute atomic E-state index is 5.92. The summed E-state index contributed by atoms with van der Waals surface area (Å²) in [6.07, 6.45) is 10.1. The average molecular weight is 294 g/mol. The van der Waals surface area contributed by atoms with Crippen LogP contribution >= 0.6 is 0 Å². The van der Waals surface area contributed by atoms with E-state index in [4.69, 9.17) is 9.47 Å². The van der Waals surface area contributed by atoms with Crippen LogP contribution in [-0.2, 0) is 9.47 Å². The van der Waals surface area contributed by atoms with Crippen LogP contribution < -0.4 is 0 Å². The molecular weight excluding hydrogens is 260 g/mol. The molecular formula is C19H34O2. The lowest BCUT2D eigenvalue weighted by atomic mass is 9.44. The van der Waals surface area contributed by atoms with Crippen LogP contribution in [0.2, 0.25) is 0 Å². The molecule has 0 bridgehead atoms. The lowest BCUT2D eigenvalue weighted by Crippen LogP contribution is -2.57. The highest BCUT2D eigenvalue weighted by Crippen LogP contribution is 2.63. The van der Waals surface area contributed by atoms with Crippen molar-refractivity contribution >= 4 is 0 Å². The first-order valence-electron chi connectivity index (χ1n) is 8.99. The molecule has 2 nitrogen and oxygen atoms in total. The van der Waals surface area contributed by atoms with Gasteiger partial charge >= 0.3 is 0 Å². The highest BCUT2D eigenvalue weighted by molar-refractivity contribution is 5.07. The Balaban J connectivity index is 1.89. The molecule has 3 rings (SSSR count). The fourth-order valence-corrected chi connectivity index (χ4v) is 6.68. The molecule has 3 fully saturated rings. The number of ether oxygens (including phenoxy) is 2. The zero-order chi connectivity index (χ0) is 15.3. The maximum Gasteiger partial charge on any atom is 0.0863 e. The lowest BCUT2D eigenvalue weighted by molar-refractivity contribution is -0.177. The molecule has 6 atom stereocenters. The highest BCUT2D eigenvalue weighted by Gasteiger charge is 2.57. The molecule has 0 saturated heterocycles. The Hall–Kier alpha value is -0.0800. The standard InChI is InChI=1S/C19H34O2/c1-18(2)11-6-12-19(3)14-8-9-15(20-4)17(21-5)13(14)7-10-16(18)19/h13-17H,6-12H2,1-5H3/t13-,14+,15?,16+,17?,19-/m1/s1. The Morgan fingerprint density at radius 1 is 0.857 bits per heavy atom. The molecule has 0 amide bonds. The first-order valence-corrected chi connectivity index (χ1v) is 8.99. The van der Waals surface area contributed by atoms with Crippen molar-refractivity contribution in [1.29, 1.82) is 0 Å². The summed E-state index contributed by atoms with van der Waals surface area (Å²) in [4.78, 5) is 0. The Kier molecular flexibility index (Phi) is 4.16. The summed E-state index contributed by atoms with van der Waals surface area (Å²) in [5, 5.41) is 0. The zero-order valence-electron chi connectivity index (χ0n) is 14.7. The van der Waals surface area contributed by atoms with Gasteiger partial charge in [0, 0.05) is 14.2 Å².